The standard InChI is InChI=1S/C11H6IN3/c1-6-7(2)11(12)10(5-15)9(4-14)8(6)3-13/h1-2H3. The summed E-state index contributed by atoms with van der Waals surface area (Å²) >= 11 is 2.03. The third kappa shape index (κ3) is 1.67. The zero-order valence-corrected chi connectivity index (χ0v) is 10.4. The summed E-state index contributed by atoms with van der Waals surface area (Å²) in [4.78, 5) is 0. The van der Waals surface area contributed by atoms with Crippen molar-refractivity contribution in [1.82, 2.24) is 0 Å². The number of nitriles is 3. The Morgan fingerprint density at radius 1 is 0.800 bits per heavy atom. The second-order valence-corrected chi connectivity index (χ2v) is 4.10. The number of halogens is 1. The van der Waals surface area contributed by atoms with Crippen LogP contribution in [0.15, 0.2) is 0 Å². The van der Waals surface area contributed by atoms with Gasteiger partial charge in [0.25, 0.3) is 0 Å². The minimum atomic E-state index is 0.188. The molecule has 0 amide bonds. The van der Waals surface area contributed by atoms with Crippen LogP contribution >= 0.6 is 22.6 Å². The fourth-order valence-corrected chi connectivity index (χ4v) is 2.11. The summed E-state index contributed by atoms with van der Waals surface area (Å²) in [5.74, 6) is 0. The molecule has 0 unspecified atom stereocenters. The fraction of sp³-hybridized carbons (Fsp3) is 0.182. The second kappa shape index (κ2) is 4.29. The van der Waals surface area contributed by atoms with E-state index < -0.39 is 0 Å². The van der Waals surface area contributed by atoms with Crippen molar-refractivity contribution in [3.63, 3.8) is 0 Å². The highest BCUT2D eigenvalue weighted by Gasteiger charge is 2.17. The summed E-state index contributed by atoms with van der Waals surface area (Å²) in [5, 5.41) is 26.8. The Kier molecular flexibility index (Phi) is 3.29. The van der Waals surface area contributed by atoms with Gasteiger partial charge >= 0.3 is 0 Å². The van der Waals surface area contributed by atoms with Crippen molar-refractivity contribution in [3.8, 4) is 18.2 Å². The first-order chi connectivity index (χ1) is 7.08. The van der Waals surface area contributed by atoms with Crippen LogP contribution in [0.2, 0.25) is 0 Å². The van der Waals surface area contributed by atoms with Gasteiger partial charge in [-0.1, -0.05) is 0 Å². The minimum absolute atomic E-state index is 0.188. The molecule has 0 atom stereocenters. The van der Waals surface area contributed by atoms with Gasteiger partial charge in [0.1, 0.15) is 18.2 Å². The molecule has 72 valence electrons. The van der Waals surface area contributed by atoms with E-state index in [9.17, 15) is 0 Å². The van der Waals surface area contributed by atoms with E-state index in [4.69, 9.17) is 15.8 Å². The molecule has 0 N–H and O–H groups in total. The quantitative estimate of drug-likeness (QED) is 0.691. The predicted octanol–water partition coefficient (Wildman–Crippen LogP) is 2.52. The molecule has 0 aliphatic heterocycles. The van der Waals surface area contributed by atoms with Crippen molar-refractivity contribution >= 4 is 22.6 Å². The SMILES string of the molecule is Cc1c(C)c(C#N)c(C#N)c(C#N)c1I. The number of hydrogen-bond acceptors (Lipinski definition) is 3. The third-order valence-electron chi connectivity index (χ3n) is 2.32. The zero-order valence-electron chi connectivity index (χ0n) is 8.22. The first-order valence-corrected chi connectivity index (χ1v) is 5.19. The minimum Gasteiger partial charge on any atom is -0.192 e. The maximum absolute atomic E-state index is 8.95. The molecule has 4 heteroatoms. The van der Waals surface area contributed by atoms with Crippen LogP contribution in [0.4, 0.5) is 0 Å². The molecule has 0 bridgehead atoms. The Labute approximate surface area is 102 Å². The van der Waals surface area contributed by atoms with E-state index in [0.29, 0.717) is 11.1 Å². The molecule has 1 rings (SSSR count). The molecular weight excluding hydrogens is 301 g/mol. The number of nitrogens with zero attached hydrogens (tertiary/aromatic N) is 3. The lowest BCUT2D eigenvalue weighted by molar-refractivity contribution is 1.24. The molecule has 0 fully saturated rings. The Bertz CT molecular complexity index is 512. The average Bonchev–Trinajstić information content (AvgIpc) is 2.25. The van der Waals surface area contributed by atoms with Crippen molar-refractivity contribution in [1.29, 1.82) is 15.8 Å². The van der Waals surface area contributed by atoms with E-state index in [1.54, 1.807) is 6.92 Å². The van der Waals surface area contributed by atoms with Crippen molar-refractivity contribution < 1.29 is 0 Å². The molecule has 1 aromatic carbocycles. The van der Waals surface area contributed by atoms with Gasteiger partial charge < -0.3 is 0 Å². The molecule has 0 aliphatic carbocycles. The Morgan fingerprint density at radius 3 is 1.67 bits per heavy atom. The van der Waals surface area contributed by atoms with E-state index in [1.165, 1.54) is 0 Å². The monoisotopic (exact) mass is 307 g/mol. The number of rotatable bonds is 0. The van der Waals surface area contributed by atoms with Crippen molar-refractivity contribution in [3.05, 3.63) is 31.4 Å². The molecular formula is C11H6IN3. The summed E-state index contributed by atoms with van der Waals surface area (Å²) < 4.78 is 0.753. The van der Waals surface area contributed by atoms with E-state index in [0.717, 1.165) is 14.7 Å². The maximum Gasteiger partial charge on any atom is 0.102 e. The molecule has 0 spiro atoms. The Balaban J connectivity index is 3.90. The average molecular weight is 307 g/mol. The third-order valence-corrected chi connectivity index (χ3v) is 3.67. The van der Waals surface area contributed by atoms with E-state index in [1.807, 2.05) is 47.7 Å². The number of hydrogen-bond donors (Lipinski definition) is 0. The molecule has 0 radical (unpaired) electrons. The molecule has 1 aromatic rings. The van der Waals surface area contributed by atoms with Crippen LogP contribution in [0.25, 0.3) is 0 Å². The van der Waals surface area contributed by atoms with Gasteiger partial charge in [-0.15, -0.1) is 0 Å². The van der Waals surface area contributed by atoms with E-state index in [-0.39, 0.29) is 5.56 Å². The summed E-state index contributed by atoms with van der Waals surface area (Å²) in [6, 6.07) is 5.88. The maximum atomic E-state index is 8.95. The van der Waals surface area contributed by atoms with E-state index >= 15 is 0 Å². The van der Waals surface area contributed by atoms with Crippen LogP contribution in [0.3, 0.4) is 0 Å². The molecule has 0 aliphatic rings. The largest absolute Gasteiger partial charge is 0.192 e. The highest BCUT2D eigenvalue weighted by Crippen LogP contribution is 2.27. The highest BCUT2D eigenvalue weighted by molar-refractivity contribution is 14.1. The first kappa shape index (κ1) is 11.5. The van der Waals surface area contributed by atoms with Gasteiger partial charge in [0, 0.05) is 3.57 Å². The lowest BCUT2D eigenvalue weighted by Crippen LogP contribution is -2.01. The van der Waals surface area contributed by atoms with Crippen LogP contribution in [0.1, 0.15) is 27.8 Å². The van der Waals surface area contributed by atoms with Crippen LogP contribution in [0, 0.1) is 51.4 Å². The summed E-state index contributed by atoms with van der Waals surface area (Å²) in [7, 11) is 0. The van der Waals surface area contributed by atoms with E-state index in [2.05, 4.69) is 0 Å². The lowest BCUT2D eigenvalue weighted by atomic mass is 9.95. The fourth-order valence-electron chi connectivity index (χ4n) is 1.32. The van der Waals surface area contributed by atoms with Crippen molar-refractivity contribution in [2.75, 3.05) is 0 Å². The van der Waals surface area contributed by atoms with Crippen molar-refractivity contribution in [2.24, 2.45) is 0 Å². The van der Waals surface area contributed by atoms with Gasteiger partial charge in [-0.3, -0.25) is 0 Å². The molecule has 0 saturated carbocycles. The van der Waals surface area contributed by atoms with Gasteiger partial charge in [0.2, 0.25) is 0 Å². The summed E-state index contributed by atoms with van der Waals surface area (Å²) in [6.45, 7) is 3.64. The normalized spacial score (nSPS) is 8.80. The number of benzene rings is 1. The van der Waals surface area contributed by atoms with Crippen LogP contribution in [-0.2, 0) is 0 Å². The first-order valence-electron chi connectivity index (χ1n) is 4.11. The van der Waals surface area contributed by atoms with Crippen LogP contribution in [0.5, 0.6) is 0 Å². The Morgan fingerprint density at radius 2 is 1.27 bits per heavy atom. The van der Waals surface area contributed by atoms with Gasteiger partial charge in [-0.25, -0.2) is 0 Å². The second-order valence-electron chi connectivity index (χ2n) is 3.02. The van der Waals surface area contributed by atoms with Crippen LogP contribution < -0.4 is 0 Å². The Hall–Kier alpha value is -1.58. The highest BCUT2D eigenvalue weighted by atomic mass is 127. The van der Waals surface area contributed by atoms with Gasteiger partial charge in [0.15, 0.2) is 0 Å². The zero-order chi connectivity index (χ0) is 11.6. The summed E-state index contributed by atoms with van der Waals surface area (Å²) in [5.41, 5.74) is 2.47. The van der Waals surface area contributed by atoms with Gasteiger partial charge in [-0.05, 0) is 47.6 Å². The smallest absolute Gasteiger partial charge is 0.102 e. The molecule has 15 heavy (non-hydrogen) atoms. The molecule has 0 heterocycles. The topological polar surface area (TPSA) is 71.4 Å². The molecule has 0 saturated heterocycles. The van der Waals surface area contributed by atoms with Crippen molar-refractivity contribution in [2.45, 2.75) is 13.8 Å². The van der Waals surface area contributed by atoms with Crippen LogP contribution in [-0.4, -0.2) is 0 Å². The van der Waals surface area contributed by atoms with Gasteiger partial charge in [0.05, 0.1) is 16.7 Å². The molecule has 3 nitrogen and oxygen atoms in total. The lowest BCUT2D eigenvalue weighted by Gasteiger charge is -2.09. The van der Waals surface area contributed by atoms with Gasteiger partial charge in [-0.2, -0.15) is 15.8 Å². The predicted molar refractivity (Wildman–Crippen MR) is 62.8 cm³/mol. The molecule has 0 aromatic heterocycles. The summed E-state index contributed by atoms with van der Waals surface area (Å²) in [6.07, 6.45) is 0.